The largest absolute Gasteiger partial charge is 0.465 e. The summed E-state index contributed by atoms with van der Waals surface area (Å²) in [6.45, 7) is 7.31. The van der Waals surface area contributed by atoms with Crippen molar-refractivity contribution in [2.24, 2.45) is 0 Å². The van der Waals surface area contributed by atoms with Gasteiger partial charge in [0.1, 0.15) is 6.04 Å². The van der Waals surface area contributed by atoms with Crippen molar-refractivity contribution in [3.05, 3.63) is 0 Å². The molecule has 16 heavy (non-hydrogen) atoms. The highest BCUT2D eigenvalue weighted by molar-refractivity contribution is 5.76. The van der Waals surface area contributed by atoms with Gasteiger partial charge < -0.3 is 15.0 Å². The Kier molecular flexibility index (Phi) is 8.21. The summed E-state index contributed by atoms with van der Waals surface area (Å²) in [7, 11) is 3.84. The Morgan fingerprint density at radius 2 is 2.06 bits per heavy atom. The Balaban J connectivity index is 4.14. The van der Waals surface area contributed by atoms with Crippen LogP contribution in [0.5, 0.6) is 0 Å². The van der Waals surface area contributed by atoms with E-state index in [1.807, 2.05) is 14.0 Å². The average Bonchev–Trinajstić information content (AvgIpc) is 2.26. The van der Waals surface area contributed by atoms with Crippen molar-refractivity contribution in [1.82, 2.24) is 10.2 Å². The highest BCUT2D eigenvalue weighted by atomic mass is 16.5. The minimum Gasteiger partial charge on any atom is -0.465 e. The molecule has 0 saturated carbocycles. The van der Waals surface area contributed by atoms with Crippen LogP contribution in [0.15, 0.2) is 0 Å². The summed E-state index contributed by atoms with van der Waals surface area (Å²) < 4.78 is 5.01. The predicted octanol–water partition coefficient (Wildman–Crippen LogP) is 1.26. The van der Waals surface area contributed by atoms with Gasteiger partial charge in [0.2, 0.25) is 0 Å². The molecule has 2 atom stereocenters. The third kappa shape index (κ3) is 5.47. The molecule has 0 aliphatic rings. The average molecular weight is 230 g/mol. The molecule has 0 aromatic carbocycles. The number of ether oxygens (including phenoxy) is 1. The fraction of sp³-hybridized carbons (Fsp3) is 0.917. The zero-order valence-electron chi connectivity index (χ0n) is 11.2. The van der Waals surface area contributed by atoms with E-state index in [1.165, 1.54) is 0 Å². The molecular formula is C12H26N2O2. The topological polar surface area (TPSA) is 41.6 Å². The first-order valence-corrected chi connectivity index (χ1v) is 6.10. The number of hydrogen-bond acceptors (Lipinski definition) is 4. The van der Waals surface area contributed by atoms with E-state index >= 15 is 0 Å². The fourth-order valence-corrected chi connectivity index (χ4v) is 1.63. The summed E-state index contributed by atoms with van der Waals surface area (Å²) in [6, 6.07) is 0.263. The molecule has 96 valence electrons. The number of carbonyl (C=O) groups is 1. The maximum atomic E-state index is 11.6. The Hall–Kier alpha value is -0.610. The number of rotatable bonds is 8. The molecule has 0 aliphatic heterocycles. The van der Waals surface area contributed by atoms with Gasteiger partial charge in [-0.25, -0.2) is 0 Å². The van der Waals surface area contributed by atoms with E-state index in [4.69, 9.17) is 4.74 Å². The number of nitrogens with one attached hydrogen (secondary N) is 1. The van der Waals surface area contributed by atoms with E-state index in [2.05, 4.69) is 24.1 Å². The van der Waals surface area contributed by atoms with Crippen LogP contribution < -0.4 is 5.32 Å². The summed E-state index contributed by atoms with van der Waals surface area (Å²) in [5.41, 5.74) is 0. The number of likely N-dealkylation sites (N-methyl/N-ethyl adjacent to an activating group) is 2. The molecule has 0 aromatic heterocycles. The summed E-state index contributed by atoms with van der Waals surface area (Å²) in [6.07, 6.45) is 2.31. The van der Waals surface area contributed by atoms with Gasteiger partial charge in [0, 0.05) is 12.6 Å². The van der Waals surface area contributed by atoms with Crippen LogP contribution in [0.1, 0.15) is 33.6 Å². The van der Waals surface area contributed by atoms with E-state index in [1.54, 1.807) is 7.05 Å². The molecule has 0 spiro atoms. The van der Waals surface area contributed by atoms with Crippen LogP contribution in [0, 0.1) is 0 Å². The zero-order chi connectivity index (χ0) is 12.6. The summed E-state index contributed by atoms with van der Waals surface area (Å²) in [5, 5.41) is 3.00. The molecule has 0 fully saturated rings. The maximum absolute atomic E-state index is 11.6. The monoisotopic (exact) mass is 230 g/mol. The smallest absolute Gasteiger partial charge is 0.324 e. The normalized spacial score (nSPS) is 14.9. The van der Waals surface area contributed by atoms with E-state index < -0.39 is 0 Å². The Labute approximate surface area is 99.3 Å². The van der Waals surface area contributed by atoms with Crippen LogP contribution >= 0.6 is 0 Å². The van der Waals surface area contributed by atoms with Gasteiger partial charge in [-0.15, -0.1) is 0 Å². The van der Waals surface area contributed by atoms with E-state index in [0.29, 0.717) is 19.2 Å². The standard InChI is InChI=1S/C12H26N2O2/c1-6-8-10(3)14(5)9-11(13-4)12(15)16-7-2/h10-11,13H,6-9H2,1-5H3. The second-order valence-corrected chi connectivity index (χ2v) is 4.17. The summed E-state index contributed by atoms with van der Waals surface area (Å²) >= 11 is 0. The minimum atomic E-state index is -0.232. The Bertz CT molecular complexity index is 197. The van der Waals surface area contributed by atoms with Crippen molar-refractivity contribution < 1.29 is 9.53 Å². The van der Waals surface area contributed by atoms with Crippen LogP contribution in [0.25, 0.3) is 0 Å². The molecular weight excluding hydrogens is 204 g/mol. The van der Waals surface area contributed by atoms with E-state index in [0.717, 1.165) is 12.8 Å². The highest BCUT2D eigenvalue weighted by Gasteiger charge is 2.21. The second-order valence-electron chi connectivity index (χ2n) is 4.17. The molecule has 0 heterocycles. The number of hydrogen-bond donors (Lipinski definition) is 1. The van der Waals surface area contributed by atoms with Crippen molar-refractivity contribution in [2.45, 2.75) is 45.7 Å². The molecule has 0 radical (unpaired) electrons. The lowest BCUT2D eigenvalue weighted by Gasteiger charge is -2.27. The quantitative estimate of drug-likeness (QED) is 0.637. The van der Waals surface area contributed by atoms with Gasteiger partial charge in [0.15, 0.2) is 0 Å². The lowest BCUT2D eigenvalue weighted by Crippen LogP contribution is -2.46. The predicted molar refractivity (Wildman–Crippen MR) is 66.5 cm³/mol. The molecule has 0 aliphatic carbocycles. The molecule has 0 aromatic rings. The van der Waals surface area contributed by atoms with Gasteiger partial charge in [-0.1, -0.05) is 13.3 Å². The Morgan fingerprint density at radius 3 is 2.50 bits per heavy atom. The second kappa shape index (κ2) is 8.53. The van der Waals surface area contributed by atoms with Crippen LogP contribution in [0.3, 0.4) is 0 Å². The first-order valence-electron chi connectivity index (χ1n) is 6.10. The third-order valence-electron chi connectivity index (χ3n) is 2.85. The van der Waals surface area contributed by atoms with Crippen LogP contribution in [0.4, 0.5) is 0 Å². The van der Waals surface area contributed by atoms with Crippen LogP contribution in [-0.4, -0.2) is 50.2 Å². The van der Waals surface area contributed by atoms with Crippen molar-refractivity contribution >= 4 is 5.97 Å². The molecule has 0 saturated heterocycles. The van der Waals surface area contributed by atoms with Crippen molar-refractivity contribution in [2.75, 3.05) is 27.2 Å². The number of carbonyl (C=O) groups excluding carboxylic acids is 1. The highest BCUT2D eigenvalue weighted by Crippen LogP contribution is 2.05. The molecule has 1 N–H and O–H groups in total. The number of esters is 1. The van der Waals surface area contributed by atoms with Crippen molar-refractivity contribution in [3.63, 3.8) is 0 Å². The van der Waals surface area contributed by atoms with Gasteiger partial charge >= 0.3 is 5.97 Å². The minimum absolute atomic E-state index is 0.166. The van der Waals surface area contributed by atoms with Gasteiger partial charge in [0.25, 0.3) is 0 Å². The van der Waals surface area contributed by atoms with Gasteiger partial charge in [0.05, 0.1) is 6.61 Å². The van der Waals surface area contributed by atoms with Crippen LogP contribution in [-0.2, 0) is 9.53 Å². The lowest BCUT2D eigenvalue weighted by molar-refractivity contribution is -0.146. The first-order chi connectivity index (χ1) is 7.56. The summed E-state index contributed by atoms with van der Waals surface area (Å²) in [4.78, 5) is 13.8. The third-order valence-corrected chi connectivity index (χ3v) is 2.85. The van der Waals surface area contributed by atoms with Gasteiger partial charge in [-0.2, -0.15) is 0 Å². The SMILES string of the molecule is CCCC(C)N(C)CC(NC)C(=O)OCC. The molecule has 0 amide bonds. The van der Waals surface area contributed by atoms with E-state index in [-0.39, 0.29) is 12.0 Å². The molecule has 4 heteroatoms. The molecule has 0 bridgehead atoms. The van der Waals surface area contributed by atoms with Gasteiger partial charge in [-0.3, -0.25) is 4.79 Å². The fourth-order valence-electron chi connectivity index (χ4n) is 1.63. The Morgan fingerprint density at radius 1 is 1.44 bits per heavy atom. The number of nitrogens with zero attached hydrogens (tertiary/aromatic N) is 1. The van der Waals surface area contributed by atoms with Crippen molar-refractivity contribution in [3.8, 4) is 0 Å². The molecule has 4 nitrogen and oxygen atoms in total. The van der Waals surface area contributed by atoms with Crippen LogP contribution in [0.2, 0.25) is 0 Å². The maximum Gasteiger partial charge on any atom is 0.324 e. The molecule has 2 unspecified atom stereocenters. The van der Waals surface area contributed by atoms with E-state index in [9.17, 15) is 4.79 Å². The lowest BCUT2D eigenvalue weighted by atomic mass is 10.1. The van der Waals surface area contributed by atoms with Crippen molar-refractivity contribution in [1.29, 1.82) is 0 Å². The first kappa shape index (κ1) is 15.4. The summed E-state index contributed by atoms with van der Waals surface area (Å²) in [5.74, 6) is -0.166. The van der Waals surface area contributed by atoms with Gasteiger partial charge in [-0.05, 0) is 34.4 Å². The molecule has 0 rings (SSSR count). The zero-order valence-corrected chi connectivity index (χ0v) is 11.2.